The van der Waals surface area contributed by atoms with Gasteiger partial charge in [-0.25, -0.2) is 4.98 Å². The Morgan fingerprint density at radius 3 is 2.94 bits per heavy atom. The summed E-state index contributed by atoms with van der Waals surface area (Å²) in [6.07, 6.45) is 0.985. The molecule has 2 rings (SSSR count). The molecule has 6 heteroatoms. The predicted molar refractivity (Wildman–Crippen MR) is 60.5 cm³/mol. The summed E-state index contributed by atoms with van der Waals surface area (Å²) >= 11 is 5.83. The van der Waals surface area contributed by atoms with E-state index < -0.39 is 0 Å². The molecule has 1 N–H and O–H groups in total. The van der Waals surface area contributed by atoms with Crippen molar-refractivity contribution >= 4 is 17.2 Å². The van der Waals surface area contributed by atoms with Crippen LogP contribution in [0.15, 0.2) is 6.07 Å². The molecule has 0 amide bonds. The van der Waals surface area contributed by atoms with E-state index in [1.807, 2.05) is 11.3 Å². The second-order valence-corrected chi connectivity index (χ2v) is 4.21. The Balaban J connectivity index is 2.40. The van der Waals surface area contributed by atoms with Gasteiger partial charge in [0.15, 0.2) is 5.65 Å². The van der Waals surface area contributed by atoms with E-state index in [0.717, 1.165) is 11.6 Å². The maximum Gasteiger partial charge on any atom is 0.165 e. The molecule has 16 heavy (non-hydrogen) atoms. The highest BCUT2D eigenvalue weighted by Gasteiger charge is 2.10. The summed E-state index contributed by atoms with van der Waals surface area (Å²) in [6.45, 7) is 3.61. The lowest BCUT2D eigenvalue weighted by Crippen LogP contribution is -2.06. The van der Waals surface area contributed by atoms with E-state index in [2.05, 4.69) is 15.2 Å². The zero-order chi connectivity index (χ0) is 11.7. The first-order valence-corrected chi connectivity index (χ1v) is 5.51. The zero-order valence-electron chi connectivity index (χ0n) is 9.18. The topological polar surface area (TPSA) is 63.3 Å². The van der Waals surface area contributed by atoms with Crippen molar-refractivity contribution in [2.24, 2.45) is 0 Å². The maximum absolute atomic E-state index is 9.24. The Morgan fingerprint density at radius 1 is 1.50 bits per heavy atom. The molecule has 86 valence electrons. The lowest BCUT2D eigenvalue weighted by molar-refractivity contribution is 0.184. The number of aromatic nitrogens is 4. The van der Waals surface area contributed by atoms with Crippen molar-refractivity contribution in [3.05, 3.63) is 22.9 Å². The van der Waals surface area contributed by atoms with Gasteiger partial charge in [0.25, 0.3) is 0 Å². The fraction of sp³-hybridized carbons (Fsp3) is 0.500. The van der Waals surface area contributed by atoms with Crippen LogP contribution in [0.25, 0.3) is 5.65 Å². The van der Waals surface area contributed by atoms with E-state index in [1.165, 1.54) is 0 Å². The highest BCUT2D eigenvalue weighted by molar-refractivity contribution is 6.29. The van der Waals surface area contributed by atoms with Gasteiger partial charge in [-0.2, -0.15) is 0 Å². The van der Waals surface area contributed by atoms with Gasteiger partial charge in [-0.15, -0.1) is 10.2 Å². The number of aliphatic hydroxyl groups is 1. The Morgan fingerprint density at radius 2 is 2.25 bits per heavy atom. The van der Waals surface area contributed by atoms with Crippen molar-refractivity contribution in [2.45, 2.75) is 32.8 Å². The third kappa shape index (κ3) is 2.15. The van der Waals surface area contributed by atoms with Crippen LogP contribution in [0.1, 0.15) is 25.0 Å². The lowest BCUT2D eigenvalue weighted by Gasteiger charge is -2.04. The predicted octanol–water partition coefficient (Wildman–Crippen LogP) is 1.40. The van der Waals surface area contributed by atoms with Crippen LogP contribution in [0.3, 0.4) is 0 Å². The van der Waals surface area contributed by atoms with E-state index in [1.54, 1.807) is 13.0 Å². The van der Waals surface area contributed by atoms with Crippen LogP contribution in [0.2, 0.25) is 5.15 Å². The first-order valence-electron chi connectivity index (χ1n) is 5.13. The highest BCUT2D eigenvalue weighted by Crippen LogP contribution is 2.13. The third-order valence-electron chi connectivity index (χ3n) is 2.38. The third-order valence-corrected chi connectivity index (χ3v) is 2.57. The molecule has 0 spiro atoms. The molecule has 0 fully saturated rings. The van der Waals surface area contributed by atoms with Crippen LogP contribution in [0, 0.1) is 6.92 Å². The molecular formula is C10H13ClN4O. The average Bonchev–Trinajstić information content (AvgIpc) is 2.57. The van der Waals surface area contributed by atoms with E-state index in [9.17, 15) is 5.11 Å². The Bertz CT molecular complexity index is 509. The molecular weight excluding hydrogens is 228 g/mol. The molecule has 2 aromatic rings. The first kappa shape index (κ1) is 11.3. The second kappa shape index (κ2) is 4.35. The number of hydrogen-bond acceptors (Lipinski definition) is 4. The highest BCUT2D eigenvalue weighted by atomic mass is 35.5. The first-order chi connectivity index (χ1) is 7.58. The minimum atomic E-state index is -0.340. The molecule has 1 unspecified atom stereocenters. The molecule has 1 atom stereocenters. The summed E-state index contributed by atoms with van der Waals surface area (Å²) in [6, 6.07) is 1.67. The quantitative estimate of drug-likeness (QED) is 0.824. The largest absolute Gasteiger partial charge is 0.393 e. The fourth-order valence-corrected chi connectivity index (χ4v) is 1.84. The molecule has 0 aliphatic carbocycles. The van der Waals surface area contributed by atoms with Gasteiger partial charge in [0.2, 0.25) is 0 Å². The summed E-state index contributed by atoms with van der Waals surface area (Å²) in [4.78, 5) is 4.15. The van der Waals surface area contributed by atoms with Gasteiger partial charge in [-0.1, -0.05) is 11.6 Å². The van der Waals surface area contributed by atoms with Crippen molar-refractivity contribution in [3.8, 4) is 0 Å². The van der Waals surface area contributed by atoms with Gasteiger partial charge in [-0.3, -0.25) is 4.40 Å². The van der Waals surface area contributed by atoms with Crippen LogP contribution in [-0.2, 0) is 6.42 Å². The molecule has 0 radical (unpaired) electrons. The summed E-state index contributed by atoms with van der Waals surface area (Å²) in [5.74, 6) is 1.56. The summed E-state index contributed by atoms with van der Waals surface area (Å²) < 4.78 is 1.86. The van der Waals surface area contributed by atoms with Crippen LogP contribution in [0.5, 0.6) is 0 Å². The molecule has 0 aliphatic heterocycles. The van der Waals surface area contributed by atoms with E-state index in [0.29, 0.717) is 23.6 Å². The van der Waals surface area contributed by atoms with E-state index in [4.69, 9.17) is 11.6 Å². The van der Waals surface area contributed by atoms with Crippen LogP contribution in [0.4, 0.5) is 0 Å². The van der Waals surface area contributed by atoms with Crippen molar-refractivity contribution < 1.29 is 5.11 Å². The monoisotopic (exact) mass is 240 g/mol. The summed E-state index contributed by atoms with van der Waals surface area (Å²) in [5, 5.41) is 17.8. The van der Waals surface area contributed by atoms with Crippen molar-refractivity contribution in [2.75, 3.05) is 0 Å². The molecule has 0 bridgehead atoms. The molecule has 0 saturated carbocycles. The number of aliphatic hydroxyl groups excluding tert-OH is 1. The number of nitrogens with zero attached hydrogens (tertiary/aromatic N) is 4. The normalized spacial score (nSPS) is 13.2. The Hall–Kier alpha value is -1.20. The minimum Gasteiger partial charge on any atom is -0.393 e. The van der Waals surface area contributed by atoms with Crippen LogP contribution < -0.4 is 0 Å². The maximum atomic E-state index is 9.24. The standard InChI is InChI=1S/C10H13ClN4O/c1-6(16)3-4-9-13-14-10-5-8(11)12-7(2)15(9)10/h5-6,16H,3-4H2,1-2H3. The number of halogens is 1. The second-order valence-electron chi connectivity index (χ2n) is 3.82. The number of rotatable bonds is 3. The summed E-state index contributed by atoms with van der Waals surface area (Å²) in [7, 11) is 0. The Kier molecular flexibility index (Phi) is 3.07. The van der Waals surface area contributed by atoms with E-state index >= 15 is 0 Å². The van der Waals surface area contributed by atoms with Crippen molar-refractivity contribution in [1.82, 2.24) is 19.6 Å². The molecule has 2 aromatic heterocycles. The molecule has 0 saturated heterocycles. The van der Waals surface area contributed by atoms with Gasteiger partial charge >= 0.3 is 0 Å². The fourth-order valence-electron chi connectivity index (χ4n) is 1.62. The summed E-state index contributed by atoms with van der Waals surface area (Å²) in [5.41, 5.74) is 0.693. The van der Waals surface area contributed by atoms with Crippen LogP contribution >= 0.6 is 11.6 Å². The molecule has 0 aliphatic rings. The van der Waals surface area contributed by atoms with Crippen molar-refractivity contribution in [1.29, 1.82) is 0 Å². The van der Waals surface area contributed by atoms with Gasteiger partial charge in [0.1, 0.15) is 16.8 Å². The van der Waals surface area contributed by atoms with Gasteiger partial charge in [-0.05, 0) is 20.3 Å². The van der Waals surface area contributed by atoms with E-state index in [-0.39, 0.29) is 6.10 Å². The van der Waals surface area contributed by atoms with Crippen molar-refractivity contribution in [3.63, 3.8) is 0 Å². The lowest BCUT2D eigenvalue weighted by atomic mass is 10.2. The Labute approximate surface area is 98.1 Å². The molecule has 2 heterocycles. The van der Waals surface area contributed by atoms with Gasteiger partial charge in [0.05, 0.1) is 6.10 Å². The smallest absolute Gasteiger partial charge is 0.165 e. The van der Waals surface area contributed by atoms with Gasteiger partial charge in [0, 0.05) is 12.5 Å². The van der Waals surface area contributed by atoms with Gasteiger partial charge < -0.3 is 5.11 Å². The SMILES string of the molecule is Cc1nc(Cl)cc2nnc(CCC(C)O)n12. The number of hydrogen-bond donors (Lipinski definition) is 1. The zero-order valence-corrected chi connectivity index (χ0v) is 9.94. The molecule has 5 nitrogen and oxygen atoms in total. The average molecular weight is 241 g/mol. The minimum absolute atomic E-state index is 0.340. The number of aryl methyl sites for hydroxylation is 2. The number of fused-ring (bicyclic) bond motifs is 1. The molecule has 0 aromatic carbocycles. The van der Waals surface area contributed by atoms with Crippen LogP contribution in [-0.4, -0.2) is 30.8 Å².